The van der Waals surface area contributed by atoms with Gasteiger partial charge in [0.2, 0.25) is 0 Å². The number of hydrogen-bond donors (Lipinski definition) is 1. The summed E-state index contributed by atoms with van der Waals surface area (Å²) in [4.78, 5) is 4.31. The summed E-state index contributed by atoms with van der Waals surface area (Å²) in [5.74, 6) is 1.05. The van der Waals surface area contributed by atoms with Crippen LogP contribution in [0.1, 0.15) is 36.2 Å². The fourth-order valence-corrected chi connectivity index (χ4v) is 3.03. The van der Waals surface area contributed by atoms with Crippen molar-refractivity contribution in [2.75, 3.05) is 6.61 Å². The topological polar surface area (TPSA) is 34.2 Å². The van der Waals surface area contributed by atoms with E-state index in [1.807, 2.05) is 5.51 Å². The summed E-state index contributed by atoms with van der Waals surface area (Å²) in [5, 5.41) is 5.68. The molecule has 1 N–H and O–H groups in total. The van der Waals surface area contributed by atoms with Gasteiger partial charge in [0.25, 0.3) is 0 Å². The van der Waals surface area contributed by atoms with Crippen LogP contribution < -0.4 is 10.1 Å². The molecular formula is C15H18N2OS. The van der Waals surface area contributed by atoms with E-state index in [1.54, 1.807) is 11.3 Å². The van der Waals surface area contributed by atoms with Crippen molar-refractivity contribution in [3.8, 4) is 5.75 Å². The third kappa shape index (κ3) is 2.80. The Balaban J connectivity index is 1.71. The van der Waals surface area contributed by atoms with Crippen LogP contribution >= 0.6 is 11.3 Å². The van der Waals surface area contributed by atoms with E-state index in [1.165, 1.54) is 11.1 Å². The van der Waals surface area contributed by atoms with Crippen molar-refractivity contribution in [3.05, 3.63) is 45.9 Å². The van der Waals surface area contributed by atoms with Gasteiger partial charge < -0.3 is 10.1 Å². The van der Waals surface area contributed by atoms with Crippen molar-refractivity contribution in [1.82, 2.24) is 10.3 Å². The Hall–Kier alpha value is -1.39. The number of nitrogens with one attached hydrogen (secondary N) is 1. The molecule has 1 aliphatic heterocycles. The van der Waals surface area contributed by atoms with Crippen LogP contribution in [0.25, 0.3) is 0 Å². The Morgan fingerprint density at radius 3 is 3.21 bits per heavy atom. The average molecular weight is 274 g/mol. The number of aromatic nitrogens is 1. The molecule has 0 amide bonds. The summed E-state index contributed by atoms with van der Waals surface area (Å²) in [5.41, 5.74) is 5.69. The van der Waals surface area contributed by atoms with Crippen molar-refractivity contribution >= 4 is 11.3 Å². The molecule has 0 saturated carbocycles. The first-order valence-electron chi connectivity index (χ1n) is 6.73. The van der Waals surface area contributed by atoms with Gasteiger partial charge in [-0.25, -0.2) is 4.98 Å². The van der Waals surface area contributed by atoms with E-state index in [0.29, 0.717) is 6.04 Å². The zero-order chi connectivity index (χ0) is 13.1. The molecule has 1 unspecified atom stereocenters. The van der Waals surface area contributed by atoms with Crippen LogP contribution in [-0.4, -0.2) is 11.6 Å². The largest absolute Gasteiger partial charge is 0.493 e. The first-order valence-corrected chi connectivity index (χ1v) is 7.67. The summed E-state index contributed by atoms with van der Waals surface area (Å²) >= 11 is 1.64. The van der Waals surface area contributed by atoms with E-state index in [9.17, 15) is 0 Å². The van der Waals surface area contributed by atoms with Crippen LogP contribution in [0.4, 0.5) is 0 Å². The third-order valence-electron chi connectivity index (χ3n) is 3.54. The summed E-state index contributed by atoms with van der Waals surface area (Å²) in [7, 11) is 0. The number of hydrogen-bond acceptors (Lipinski definition) is 4. The highest BCUT2D eigenvalue weighted by atomic mass is 32.1. The second kappa shape index (κ2) is 5.72. The van der Waals surface area contributed by atoms with E-state index in [2.05, 4.69) is 40.8 Å². The number of nitrogens with zero attached hydrogens (tertiary/aromatic N) is 1. The highest BCUT2D eigenvalue weighted by Crippen LogP contribution is 2.29. The van der Waals surface area contributed by atoms with Crippen LogP contribution in [0.2, 0.25) is 0 Å². The molecule has 1 aromatic carbocycles. The Kier molecular flexibility index (Phi) is 3.80. The molecule has 3 rings (SSSR count). The van der Waals surface area contributed by atoms with E-state index in [-0.39, 0.29) is 0 Å². The summed E-state index contributed by atoms with van der Waals surface area (Å²) in [6.45, 7) is 3.86. The van der Waals surface area contributed by atoms with Gasteiger partial charge in [-0.15, -0.1) is 11.3 Å². The molecule has 19 heavy (non-hydrogen) atoms. The zero-order valence-corrected chi connectivity index (χ0v) is 11.9. The second-order valence-electron chi connectivity index (χ2n) is 4.79. The summed E-state index contributed by atoms with van der Waals surface area (Å²) in [6, 6.07) is 6.94. The lowest BCUT2D eigenvalue weighted by Crippen LogP contribution is -2.20. The minimum absolute atomic E-state index is 0.382. The van der Waals surface area contributed by atoms with Gasteiger partial charge in [0.1, 0.15) is 5.75 Å². The van der Waals surface area contributed by atoms with Crippen LogP contribution in [0.5, 0.6) is 5.75 Å². The molecule has 2 heterocycles. The molecule has 0 fully saturated rings. The van der Waals surface area contributed by atoms with Crippen LogP contribution in [0, 0.1) is 0 Å². The molecule has 3 nitrogen and oxygen atoms in total. The number of benzene rings is 1. The number of rotatable bonds is 5. The lowest BCUT2D eigenvalue weighted by Gasteiger charge is -2.17. The van der Waals surface area contributed by atoms with Gasteiger partial charge in [-0.2, -0.15) is 0 Å². The van der Waals surface area contributed by atoms with E-state index >= 15 is 0 Å². The summed E-state index contributed by atoms with van der Waals surface area (Å²) in [6.07, 6.45) is 2.11. The first-order chi connectivity index (χ1) is 9.36. The standard InChI is InChI=1S/C15H18N2OS/c1-2-14(16-8-13-9-19-10-17-13)11-3-4-15-12(7-11)5-6-18-15/h3-4,7,9-10,14,16H,2,5-6,8H2,1H3. The maximum absolute atomic E-state index is 5.56. The predicted octanol–water partition coefficient (Wildman–Crippen LogP) is 3.32. The van der Waals surface area contributed by atoms with E-state index in [0.717, 1.165) is 37.4 Å². The number of thiazole rings is 1. The number of fused-ring (bicyclic) bond motifs is 1. The Morgan fingerprint density at radius 2 is 2.42 bits per heavy atom. The summed E-state index contributed by atoms with van der Waals surface area (Å²) < 4.78 is 5.56. The fraction of sp³-hybridized carbons (Fsp3) is 0.400. The highest BCUT2D eigenvalue weighted by Gasteiger charge is 2.15. The lowest BCUT2D eigenvalue weighted by molar-refractivity contribution is 0.356. The van der Waals surface area contributed by atoms with E-state index in [4.69, 9.17) is 4.74 Å². The van der Waals surface area contributed by atoms with Crippen molar-refractivity contribution in [3.63, 3.8) is 0 Å². The van der Waals surface area contributed by atoms with Gasteiger partial charge in [0.05, 0.1) is 17.8 Å². The maximum atomic E-state index is 5.56. The van der Waals surface area contributed by atoms with Gasteiger partial charge >= 0.3 is 0 Å². The molecule has 1 atom stereocenters. The second-order valence-corrected chi connectivity index (χ2v) is 5.51. The minimum atomic E-state index is 0.382. The van der Waals surface area contributed by atoms with Gasteiger partial charge in [0.15, 0.2) is 0 Å². The van der Waals surface area contributed by atoms with Gasteiger partial charge in [-0.3, -0.25) is 0 Å². The molecule has 0 bridgehead atoms. The molecular weight excluding hydrogens is 256 g/mol. The molecule has 0 saturated heterocycles. The lowest BCUT2D eigenvalue weighted by atomic mass is 10.0. The molecule has 1 aliphatic rings. The first kappa shape index (κ1) is 12.6. The normalized spacial score (nSPS) is 15.0. The van der Waals surface area contributed by atoms with Crippen molar-refractivity contribution in [2.24, 2.45) is 0 Å². The van der Waals surface area contributed by atoms with Crippen molar-refractivity contribution < 1.29 is 4.74 Å². The van der Waals surface area contributed by atoms with Gasteiger partial charge in [-0.05, 0) is 23.6 Å². The van der Waals surface area contributed by atoms with Crippen LogP contribution in [0.15, 0.2) is 29.1 Å². The van der Waals surface area contributed by atoms with Crippen LogP contribution in [-0.2, 0) is 13.0 Å². The Bertz CT molecular complexity index is 539. The third-order valence-corrected chi connectivity index (χ3v) is 4.17. The molecule has 0 radical (unpaired) electrons. The molecule has 1 aromatic heterocycles. The molecule has 4 heteroatoms. The molecule has 2 aromatic rings. The average Bonchev–Trinajstić information content (AvgIpc) is 3.09. The van der Waals surface area contributed by atoms with Crippen molar-refractivity contribution in [1.29, 1.82) is 0 Å². The highest BCUT2D eigenvalue weighted by molar-refractivity contribution is 7.07. The number of ether oxygens (including phenoxy) is 1. The minimum Gasteiger partial charge on any atom is -0.493 e. The molecule has 100 valence electrons. The fourth-order valence-electron chi connectivity index (χ4n) is 2.47. The monoisotopic (exact) mass is 274 g/mol. The smallest absolute Gasteiger partial charge is 0.122 e. The van der Waals surface area contributed by atoms with E-state index < -0.39 is 0 Å². The van der Waals surface area contributed by atoms with Crippen molar-refractivity contribution in [2.45, 2.75) is 32.4 Å². The molecule has 0 spiro atoms. The SMILES string of the molecule is CCC(NCc1cscn1)c1ccc2c(c1)CCO2. The Morgan fingerprint density at radius 1 is 1.47 bits per heavy atom. The predicted molar refractivity (Wildman–Crippen MR) is 77.6 cm³/mol. The molecule has 0 aliphatic carbocycles. The van der Waals surface area contributed by atoms with Crippen LogP contribution in [0.3, 0.4) is 0 Å². The quantitative estimate of drug-likeness (QED) is 0.908. The van der Waals surface area contributed by atoms with Gasteiger partial charge in [0, 0.05) is 24.4 Å². The zero-order valence-electron chi connectivity index (χ0n) is 11.1. The maximum Gasteiger partial charge on any atom is 0.122 e. The Labute approximate surface area is 117 Å². The van der Waals surface area contributed by atoms with Gasteiger partial charge in [-0.1, -0.05) is 19.1 Å².